The lowest BCUT2D eigenvalue weighted by molar-refractivity contribution is -0.119. The first kappa shape index (κ1) is 12.4. The van der Waals surface area contributed by atoms with Crippen molar-refractivity contribution in [2.75, 3.05) is 6.54 Å². The third kappa shape index (κ3) is 2.61. The molecule has 2 amide bonds. The van der Waals surface area contributed by atoms with E-state index in [1.165, 1.54) is 6.34 Å². The molecule has 5 heteroatoms. The van der Waals surface area contributed by atoms with Crippen molar-refractivity contribution >= 4 is 23.9 Å². The van der Waals surface area contributed by atoms with Crippen LogP contribution in [0, 0.1) is 11.8 Å². The molecule has 1 atom stereocenters. The summed E-state index contributed by atoms with van der Waals surface area (Å²) < 4.78 is 0. The van der Waals surface area contributed by atoms with Crippen LogP contribution in [-0.4, -0.2) is 30.4 Å². The molecule has 0 aromatic rings. The van der Waals surface area contributed by atoms with Crippen molar-refractivity contribution in [1.29, 1.82) is 0 Å². The Balaban J connectivity index is 2.10. The molecular weight excluding hydrogens is 230 g/mol. The largest absolute Gasteiger partial charge is 0.352 e. The lowest BCUT2D eigenvalue weighted by atomic mass is 9.93. The van der Waals surface area contributed by atoms with Gasteiger partial charge in [0, 0.05) is 12.1 Å². The zero-order valence-electron chi connectivity index (χ0n) is 10.4. The van der Waals surface area contributed by atoms with E-state index in [-0.39, 0.29) is 11.8 Å². The minimum Gasteiger partial charge on any atom is -0.352 e. The van der Waals surface area contributed by atoms with E-state index in [4.69, 9.17) is 0 Å². The molecule has 0 aromatic heterocycles. The van der Waals surface area contributed by atoms with Crippen LogP contribution in [0.5, 0.6) is 0 Å². The van der Waals surface area contributed by atoms with Crippen LogP contribution >= 0.6 is 0 Å². The monoisotopic (exact) mass is 245 g/mol. The lowest BCUT2D eigenvalue weighted by Gasteiger charge is -2.17. The lowest BCUT2D eigenvalue weighted by Crippen LogP contribution is -2.31. The highest BCUT2D eigenvalue weighted by molar-refractivity contribution is 6.20. The van der Waals surface area contributed by atoms with Crippen LogP contribution in [0.15, 0.2) is 33.8 Å². The van der Waals surface area contributed by atoms with Crippen LogP contribution in [0.3, 0.4) is 0 Å². The van der Waals surface area contributed by atoms with Gasteiger partial charge in [-0.05, 0) is 12.0 Å². The Morgan fingerprint density at radius 2 is 2.28 bits per heavy atom. The average Bonchev–Trinajstić information content (AvgIpc) is 2.35. The fraction of sp³-hybridized carbons (Fsp3) is 0.385. The quantitative estimate of drug-likeness (QED) is 0.801. The molecule has 1 N–H and O–H groups in total. The topological polar surface area (TPSA) is 70.9 Å². The number of carbonyl (C=O) groups is 2. The number of rotatable bonds is 3. The molecule has 0 radical (unpaired) electrons. The summed E-state index contributed by atoms with van der Waals surface area (Å²) in [4.78, 5) is 31.0. The smallest absolute Gasteiger partial charge is 0.260 e. The molecule has 0 fully saturated rings. The molecule has 2 rings (SSSR count). The predicted octanol–water partition coefficient (Wildman–Crippen LogP) is 0.880. The van der Waals surface area contributed by atoms with E-state index in [0.29, 0.717) is 23.7 Å². The van der Waals surface area contributed by atoms with Crippen LogP contribution in [0.25, 0.3) is 0 Å². The molecule has 94 valence electrons. The summed E-state index contributed by atoms with van der Waals surface area (Å²) in [5.74, 6) is -0.419. The summed E-state index contributed by atoms with van der Waals surface area (Å²) in [6.07, 6.45) is 6.19. The number of nitrogens with zero attached hydrogens (tertiary/aromatic N) is 2. The van der Waals surface area contributed by atoms with Crippen molar-refractivity contribution < 1.29 is 9.59 Å². The fourth-order valence-corrected chi connectivity index (χ4v) is 1.69. The zero-order chi connectivity index (χ0) is 13.1. The number of allylic oxidation sites excluding steroid dienone is 1. The first-order chi connectivity index (χ1) is 8.58. The minimum absolute atomic E-state index is 0.143. The Hall–Kier alpha value is -2.04. The van der Waals surface area contributed by atoms with Crippen LogP contribution in [0.4, 0.5) is 0 Å². The number of aliphatic imine (C=N–C) groups is 2. The SMILES string of the molecule is CC(C)CNC(=O)C1=CC2=NC=NC(=O)C2C=C1. The molecule has 0 saturated heterocycles. The van der Waals surface area contributed by atoms with E-state index in [1.54, 1.807) is 18.2 Å². The summed E-state index contributed by atoms with van der Waals surface area (Å²) in [5, 5.41) is 2.83. The van der Waals surface area contributed by atoms with Gasteiger partial charge >= 0.3 is 0 Å². The van der Waals surface area contributed by atoms with Crippen LogP contribution in [-0.2, 0) is 9.59 Å². The van der Waals surface area contributed by atoms with Gasteiger partial charge in [0.1, 0.15) is 12.3 Å². The highest BCUT2D eigenvalue weighted by Crippen LogP contribution is 2.18. The minimum atomic E-state index is -0.434. The Morgan fingerprint density at radius 1 is 1.50 bits per heavy atom. The van der Waals surface area contributed by atoms with Gasteiger partial charge in [0.05, 0.1) is 5.71 Å². The number of nitrogens with one attached hydrogen (secondary N) is 1. The maximum absolute atomic E-state index is 11.9. The van der Waals surface area contributed by atoms with Gasteiger partial charge in [-0.3, -0.25) is 9.59 Å². The standard InChI is InChI=1S/C13H15N3O2/c1-8(2)6-14-12(17)9-3-4-10-11(5-9)15-7-16-13(10)18/h3-5,7-8,10H,6H2,1-2H3,(H,14,17). The second kappa shape index (κ2) is 5.08. The van der Waals surface area contributed by atoms with Gasteiger partial charge in [-0.25, -0.2) is 9.98 Å². The second-order valence-electron chi connectivity index (χ2n) is 4.68. The fourth-order valence-electron chi connectivity index (χ4n) is 1.69. The molecule has 0 aromatic carbocycles. The summed E-state index contributed by atoms with van der Waals surface area (Å²) in [6.45, 7) is 4.68. The predicted molar refractivity (Wildman–Crippen MR) is 69.5 cm³/mol. The second-order valence-corrected chi connectivity index (χ2v) is 4.68. The Bertz CT molecular complexity index is 498. The number of fused-ring (bicyclic) bond motifs is 1. The molecule has 1 unspecified atom stereocenters. The van der Waals surface area contributed by atoms with Crippen LogP contribution < -0.4 is 5.32 Å². The van der Waals surface area contributed by atoms with Gasteiger partial charge in [0.25, 0.3) is 11.8 Å². The van der Waals surface area contributed by atoms with Crippen molar-refractivity contribution in [2.24, 2.45) is 21.8 Å². The molecule has 0 saturated carbocycles. The van der Waals surface area contributed by atoms with E-state index in [0.717, 1.165) is 0 Å². The maximum atomic E-state index is 11.9. The Kier molecular flexibility index (Phi) is 3.50. The third-order valence-electron chi connectivity index (χ3n) is 2.68. The number of hydrogen-bond acceptors (Lipinski definition) is 3. The van der Waals surface area contributed by atoms with E-state index < -0.39 is 5.92 Å². The zero-order valence-corrected chi connectivity index (χ0v) is 10.4. The van der Waals surface area contributed by atoms with Gasteiger partial charge in [-0.2, -0.15) is 0 Å². The normalized spacial score (nSPS) is 21.5. The van der Waals surface area contributed by atoms with E-state index in [2.05, 4.69) is 15.3 Å². The molecule has 1 heterocycles. The molecule has 0 spiro atoms. The van der Waals surface area contributed by atoms with Gasteiger partial charge in [-0.1, -0.05) is 26.0 Å². The van der Waals surface area contributed by atoms with E-state index in [9.17, 15) is 9.59 Å². The van der Waals surface area contributed by atoms with Gasteiger partial charge < -0.3 is 5.32 Å². The first-order valence-corrected chi connectivity index (χ1v) is 5.90. The number of hydrogen-bond donors (Lipinski definition) is 1. The van der Waals surface area contributed by atoms with Gasteiger partial charge in [-0.15, -0.1) is 0 Å². The van der Waals surface area contributed by atoms with Crippen molar-refractivity contribution in [1.82, 2.24) is 5.32 Å². The van der Waals surface area contributed by atoms with Gasteiger partial charge in [0.15, 0.2) is 0 Å². The molecule has 18 heavy (non-hydrogen) atoms. The maximum Gasteiger partial charge on any atom is 0.260 e. The van der Waals surface area contributed by atoms with Crippen molar-refractivity contribution in [3.63, 3.8) is 0 Å². The molecular formula is C13H15N3O2. The van der Waals surface area contributed by atoms with Gasteiger partial charge in [0.2, 0.25) is 0 Å². The average molecular weight is 245 g/mol. The van der Waals surface area contributed by atoms with Crippen molar-refractivity contribution in [3.8, 4) is 0 Å². The molecule has 2 aliphatic rings. The summed E-state index contributed by atoms with van der Waals surface area (Å²) >= 11 is 0. The molecule has 0 bridgehead atoms. The summed E-state index contributed by atoms with van der Waals surface area (Å²) in [6, 6.07) is 0. The van der Waals surface area contributed by atoms with Crippen molar-refractivity contribution in [3.05, 3.63) is 23.8 Å². The van der Waals surface area contributed by atoms with Crippen LogP contribution in [0.1, 0.15) is 13.8 Å². The third-order valence-corrected chi connectivity index (χ3v) is 2.68. The number of carbonyl (C=O) groups excluding carboxylic acids is 2. The summed E-state index contributed by atoms with van der Waals surface area (Å²) in [5.41, 5.74) is 1.10. The van der Waals surface area contributed by atoms with E-state index >= 15 is 0 Å². The highest BCUT2D eigenvalue weighted by atomic mass is 16.2. The summed E-state index contributed by atoms with van der Waals surface area (Å²) in [7, 11) is 0. The number of amides is 2. The molecule has 1 aliphatic carbocycles. The molecule has 1 aliphatic heterocycles. The molecule has 5 nitrogen and oxygen atoms in total. The Labute approximate surface area is 105 Å². The first-order valence-electron chi connectivity index (χ1n) is 5.90. The van der Waals surface area contributed by atoms with Crippen LogP contribution in [0.2, 0.25) is 0 Å². The van der Waals surface area contributed by atoms with E-state index in [1.807, 2.05) is 13.8 Å². The Morgan fingerprint density at radius 3 is 3.00 bits per heavy atom. The highest BCUT2D eigenvalue weighted by Gasteiger charge is 2.26. The van der Waals surface area contributed by atoms with Crippen molar-refractivity contribution in [2.45, 2.75) is 13.8 Å².